The summed E-state index contributed by atoms with van der Waals surface area (Å²) in [5, 5.41) is 0.771. The molecule has 0 radical (unpaired) electrons. The summed E-state index contributed by atoms with van der Waals surface area (Å²) in [6.07, 6.45) is 2.11. The van der Waals surface area contributed by atoms with Crippen molar-refractivity contribution in [3.63, 3.8) is 0 Å². The van der Waals surface area contributed by atoms with E-state index >= 15 is 0 Å². The fourth-order valence-corrected chi connectivity index (χ4v) is 1.96. The monoisotopic (exact) mass is 228 g/mol. The second kappa shape index (κ2) is 5.00. The average Bonchev–Trinajstić information content (AvgIpc) is 2.31. The molecule has 0 N–H and O–H groups in total. The standard InChI is InChI=1S/C15H13Cl/c1-2-15(12-7-4-3-5-8-12)13-9-6-10-14(16)11-13/h2-11H,1H3/b15-2-. The Morgan fingerprint density at radius 3 is 2.25 bits per heavy atom. The van der Waals surface area contributed by atoms with Gasteiger partial charge < -0.3 is 0 Å². The molecule has 0 saturated heterocycles. The van der Waals surface area contributed by atoms with Crippen molar-refractivity contribution in [1.29, 1.82) is 0 Å². The first kappa shape index (κ1) is 11.0. The highest BCUT2D eigenvalue weighted by molar-refractivity contribution is 6.30. The highest BCUT2D eigenvalue weighted by Crippen LogP contribution is 2.25. The van der Waals surface area contributed by atoms with Crippen LogP contribution in [0.1, 0.15) is 18.1 Å². The van der Waals surface area contributed by atoms with E-state index in [1.165, 1.54) is 11.1 Å². The molecular formula is C15H13Cl. The van der Waals surface area contributed by atoms with Crippen molar-refractivity contribution in [3.8, 4) is 0 Å². The number of rotatable bonds is 2. The van der Waals surface area contributed by atoms with Gasteiger partial charge in [0.15, 0.2) is 0 Å². The topological polar surface area (TPSA) is 0 Å². The van der Waals surface area contributed by atoms with Crippen LogP contribution in [0.15, 0.2) is 60.7 Å². The van der Waals surface area contributed by atoms with E-state index in [0.717, 1.165) is 10.6 Å². The second-order valence-electron chi connectivity index (χ2n) is 3.58. The summed E-state index contributed by atoms with van der Waals surface area (Å²) >= 11 is 6.01. The van der Waals surface area contributed by atoms with E-state index in [2.05, 4.69) is 24.3 Å². The molecule has 0 bridgehead atoms. The Hall–Kier alpha value is -1.53. The molecule has 0 aliphatic carbocycles. The highest BCUT2D eigenvalue weighted by Gasteiger charge is 2.03. The van der Waals surface area contributed by atoms with E-state index in [9.17, 15) is 0 Å². The molecule has 0 atom stereocenters. The van der Waals surface area contributed by atoms with Crippen molar-refractivity contribution in [1.82, 2.24) is 0 Å². The first-order chi connectivity index (χ1) is 7.81. The Morgan fingerprint density at radius 1 is 0.938 bits per heavy atom. The van der Waals surface area contributed by atoms with Crippen molar-refractivity contribution < 1.29 is 0 Å². The lowest BCUT2D eigenvalue weighted by molar-refractivity contribution is 1.53. The predicted molar refractivity (Wildman–Crippen MR) is 70.6 cm³/mol. The van der Waals surface area contributed by atoms with Gasteiger partial charge in [-0.1, -0.05) is 60.1 Å². The molecule has 0 unspecified atom stereocenters. The van der Waals surface area contributed by atoms with Crippen molar-refractivity contribution in [2.24, 2.45) is 0 Å². The molecule has 0 heterocycles. The number of allylic oxidation sites excluding steroid dienone is 1. The van der Waals surface area contributed by atoms with Gasteiger partial charge in [0.1, 0.15) is 0 Å². The normalized spacial score (nSPS) is 11.5. The quantitative estimate of drug-likeness (QED) is 0.693. The van der Waals surface area contributed by atoms with E-state index in [1.54, 1.807) is 0 Å². The summed E-state index contributed by atoms with van der Waals surface area (Å²) in [5.74, 6) is 0. The van der Waals surface area contributed by atoms with Crippen LogP contribution in [-0.4, -0.2) is 0 Å². The van der Waals surface area contributed by atoms with Crippen LogP contribution in [0.25, 0.3) is 5.57 Å². The number of benzene rings is 2. The van der Waals surface area contributed by atoms with Gasteiger partial charge in [-0.25, -0.2) is 0 Å². The van der Waals surface area contributed by atoms with E-state index in [4.69, 9.17) is 11.6 Å². The third kappa shape index (κ3) is 2.34. The largest absolute Gasteiger partial charge is 0.0843 e. The van der Waals surface area contributed by atoms with Gasteiger partial charge in [0.05, 0.1) is 0 Å². The van der Waals surface area contributed by atoms with Gasteiger partial charge in [-0.3, -0.25) is 0 Å². The molecule has 0 spiro atoms. The summed E-state index contributed by atoms with van der Waals surface area (Å²) in [4.78, 5) is 0. The van der Waals surface area contributed by atoms with E-state index in [1.807, 2.05) is 43.3 Å². The van der Waals surface area contributed by atoms with E-state index in [0.29, 0.717) is 0 Å². The molecule has 2 aromatic carbocycles. The maximum absolute atomic E-state index is 6.01. The van der Waals surface area contributed by atoms with Crippen LogP contribution in [-0.2, 0) is 0 Å². The fraction of sp³-hybridized carbons (Fsp3) is 0.0667. The molecular weight excluding hydrogens is 216 g/mol. The third-order valence-corrected chi connectivity index (χ3v) is 2.74. The van der Waals surface area contributed by atoms with Crippen molar-refractivity contribution in [3.05, 3.63) is 76.8 Å². The lowest BCUT2D eigenvalue weighted by Crippen LogP contribution is -1.86. The Balaban J connectivity index is 2.46. The van der Waals surface area contributed by atoms with Crippen LogP contribution in [0, 0.1) is 0 Å². The highest BCUT2D eigenvalue weighted by atomic mass is 35.5. The molecule has 0 aromatic heterocycles. The first-order valence-corrected chi connectivity index (χ1v) is 5.67. The van der Waals surface area contributed by atoms with Gasteiger partial charge in [-0.15, -0.1) is 0 Å². The number of hydrogen-bond acceptors (Lipinski definition) is 0. The Bertz CT molecular complexity index is 498. The molecule has 16 heavy (non-hydrogen) atoms. The van der Waals surface area contributed by atoms with Crippen LogP contribution in [0.3, 0.4) is 0 Å². The van der Waals surface area contributed by atoms with Crippen LogP contribution in [0.4, 0.5) is 0 Å². The smallest absolute Gasteiger partial charge is 0.0412 e. The van der Waals surface area contributed by atoms with Crippen molar-refractivity contribution in [2.45, 2.75) is 6.92 Å². The van der Waals surface area contributed by atoms with Crippen LogP contribution in [0.5, 0.6) is 0 Å². The molecule has 0 aliphatic heterocycles. The predicted octanol–water partition coefficient (Wildman–Crippen LogP) is 4.79. The minimum Gasteiger partial charge on any atom is -0.0843 e. The summed E-state index contributed by atoms with van der Waals surface area (Å²) < 4.78 is 0. The lowest BCUT2D eigenvalue weighted by Gasteiger charge is -2.07. The Kier molecular flexibility index (Phi) is 3.43. The summed E-state index contributed by atoms with van der Waals surface area (Å²) in [6.45, 7) is 2.04. The van der Waals surface area contributed by atoms with Crippen molar-refractivity contribution in [2.75, 3.05) is 0 Å². The van der Waals surface area contributed by atoms with Gasteiger partial charge in [-0.05, 0) is 35.8 Å². The first-order valence-electron chi connectivity index (χ1n) is 5.29. The second-order valence-corrected chi connectivity index (χ2v) is 4.02. The number of hydrogen-bond donors (Lipinski definition) is 0. The van der Waals surface area contributed by atoms with Gasteiger partial charge in [0.25, 0.3) is 0 Å². The molecule has 80 valence electrons. The van der Waals surface area contributed by atoms with Gasteiger partial charge >= 0.3 is 0 Å². The Labute approximate surface area is 101 Å². The lowest BCUT2D eigenvalue weighted by atomic mass is 9.98. The average molecular weight is 229 g/mol. The van der Waals surface area contributed by atoms with E-state index in [-0.39, 0.29) is 0 Å². The molecule has 0 saturated carbocycles. The molecule has 2 rings (SSSR count). The van der Waals surface area contributed by atoms with Gasteiger partial charge in [0, 0.05) is 5.02 Å². The number of halogens is 1. The summed E-state index contributed by atoms with van der Waals surface area (Å²) in [7, 11) is 0. The summed E-state index contributed by atoms with van der Waals surface area (Å²) in [5.41, 5.74) is 3.58. The zero-order valence-corrected chi connectivity index (χ0v) is 9.91. The fourth-order valence-electron chi connectivity index (χ4n) is 1.77. The van der Waals surface area contributed by atoms with E-state index < -0.39 is 0 Å². The molecule has 0 amide bonds. The van der Waals surface area contributed by atoms with Crippen LogP contribution < -0.4 is 0 Å². The summed E-state index contributed by atoms with van der Waals surface area (Å²) in [6, 6.07) is 18.3. The van der Waals surface area contributed by atoms with Crippen LogP contribution >= 0.6 is 11.6 Å². The zero-order valence-electron chi connectivity index (χ0n) is 9.15. The van der Waals surface area contributed by atoms with Gasteiger partial charge in [0.2, 0.25) is 0 Å². The van der Waals surface area contributed by atoms with Gasteiger partial charge in [-0.2, -0.15) is 0 Å². The maximum atomic E-state index is 6.01. The molecule has 0 nitrogen and oxygen atoms in total. The Morgan fingerprint density at radius 2 is 1.62 bits per heavy atom. The van der Waals surface area contributed by atoms with Crippen LogP contribution in [0.2, 0.25) is 5.02 Å². The third-order valence-electron chi connectivity index (χ3n) is 2.51. The molecule has 0 fully saturated rings. The molecule has 0 aliphatic rings. The van der Waals surface area contributed by atoms with Crippen molar-refractivity contribution >= 4 is 17.2 Å². The zero-order chi connectivity index (χ0) is 11.4. The SMILES string of the molecule is C/C=C(/c1ccccc1)c1cccc(Cl)c1. The minimum atomic E-state index is 0.771. The minimum absolute atomic E-state index is 0.771. The molecule has 1 heteroatoms. The maximum Gasteiger partial charge on any atom is 0.0412 e. The molecule has 2 aromatic rings.